The zero-order chi connectivity index (χ0) is 25.1. The third-order valence-corrected chi connectivity index (χ3v) is 7.53. The summed E-state index contributed by atoms with van der Waals surface area (Å²) in [4.78, 5) is 22.6. The van der Waals surface area contributed by atoms with Crippen molar-refractivity contribution in [1.29, 1.82) is 5.26 Å². The van der Waals surface area contributed by atoms with Crippen LogP contribution in [0, 0.1) is 11.3 Å². The van der Waals surface area contributed by atoms with Gasteiger partial charge in [-0.25, -0.2) is 0 Å². The number of nitriles is 1. The van der Waals surface area contributed by atoms with Gasteiger partial charge in [0.2, 0.25) is 0 Å². The minimum Gasteiger partial charge on any atom is -0.496 e. The fraction of sp³-hybridized carbons (Fsp3) is 0.464. The summed E-state index contributed by atoms with van der Waals surface area (Å²) in [6.07, 6.45) is 5.16. The van der Waals surface area contributed by atoms with Gasteiger partial charge in [0.25, 0.3) is 5.91 Å². The van der Waals surface area contributed by atoms with E-state index >= 15 is 0 Å². The van der Waals surface area contributed by atoms with Crippen LogP contribution >= 0.6 is 0 Å². The average molecular weight is 488 g/mol. The van der Waals surface area contributed by atoms with Crippen molar-refractivity contribution < 1.29 is 14.3 Å². The number of anilines is 1. The van der Waals surface area contributed by atoms with Gasteiger partial charge in [0.15, 0.2) is 0 Å². The molecule has 1 amide bonds. The standard InChI is InChI=1S/C28H33N5O3/c1-30-25-17-22(31-24-6-5-21(18-29)27(24)25)15-19-3-4-20(16-26(19)35-2)28(34)33-9-7-23(8-10-33)32-11-13-36-14-12-32/h3-5,16-17,23H,6-15H2,1-2H3,(H,30,31). The molecule has 1 aromatic carbocycles. The highest BCUT2D eigenvalue weighted by Crippen LogP contribution is 2.34. The van der Waals surface area contributed by atoms with E-state index in [1.165, 1.54) is 0 Å². The van der Waals surface area contributed by atoms with Gasteiger partial charge >= 0.3 is 0 Å². The Kier molecular flexibility index (Phi) is 7.21. The number of nitrogens with zero attached hydrogens (tertiary/aromatic N) is 4. The number of aromatic nitrogens is 1. The van der Waals surface area contributed by atoms with Crippen molar-refractivity contribution in [3.8, 4) is 11.8 Å². The summed E-state index contributed by atoms with van der Waals surface area (Å²) in [5, 5.41) is 12.6. The number of fused-ring (bicyclic) bond motifs is 1. The van der Waals surface area contributed by atoms with Gasteiger partial charge in [-0.1, -0.05) is 12.1 Å². The molecular formula is C28H33N5O3. The maximum atomic E-state index is 13.3. The fourth-order valence-corrected chi connectivity index (χ4v) is 5.57. The van der Waals surface area contributed by atoms with Crippen LogP contribution in [0.1, 0.15) is 45.7 Å². The highest BCUT2D eigenvalue weighted by molar-refractivity contribution is 5.95. The number of carbonyl (C=O) groups excluding carboxylic acids is 1. The molecule has 2 aromatic rings. The fourth-order valence-electron chi connectivity index (χ4n) is 5.57. The van der Waals surface area contributed by atoms with Crippen molar-refractivity contribution >= 4 is 17.2 Å². The molecule has 0 spiro atoms. The largest absolute Gasteiger partial charge is 0.496 e. The average Bonchev–Trinajstić information content (AvgIpc) is 3.36. The van der Waals surface area contributed by atoms with E-state index in [4.69, 9.17) is 14.5 Å². The summed E-state index contributed by atoms with van der Waals surface area (Å²) in [5.74, 6) is 0.747. The van der Waals surface area contributed by atoms with E-state index in [1.54, 1.807) is 7.11 Å². The van der Waals surface area contributed by atoms with E-state index < -0.39 is 0 Å². The molecule has 1 aliphatic carbocycles. The van der Waals surface area contributed by atoms with Crippen molar-refractivity contribution in [3.63, 3.8) is 0 Å². The van der Waals surface area contributed by atoms with Crippen molar-refractivity contribution in [2.75, 3.05) is 58.9 Å². The number of methoxy groups -OCH3 is 1. The van der Waals surface area contributed by atoms with Crippen molar-refractivity contribution in [2.45, 2.75) is 31.7 Å². The third kappa shape index (κ3) is 4.81. The van der Waals surface area contributed by atoms with Gasteiger partial charge in [0.05, 0.1) is 37.7 Å². The number of pyridine rings is 1. The minimum atomic E-state index is 0.0588. The molecule has 3 aliphatic rings. The molecule has 8 heteroatoms. The Morgan fingerprint density at radius 1 is 1.22 bits per heavy atom. The molecule has 0 radical (unpaired) electrons. The molecule has 188 valence electrons. The van der Waals surface area contributed by atoms with Crippen LogP contribution in [0.4, 0.5) is 5.69 Å². The summed E-state index contributed by atoms with van der Waals surface area (Å²) in [5.41, 5.74) is 5.92. The maximum Gasteiger partial charge on any atom is 0.253 e. The quantitative estimate of drug-likeness (QED) is 0.670. The Labute approximate surface area is 212 Å². The Morgan fingerprint density at radius 3 is 2.69 bits per heavy atom. The molecule has 2 saturated heterocycles. The van der Waals surface area contributed by atoms with Crippen molar-refractivity contribution in [2.24, 2.45) is 0 Å². The molecule has 0 bridgehead atoms. The summed E-state index contributed by atoms with van der Waals surface area (Å²) in [6.45, 7) is 5.13. The molecule has 0 atom stereocenters. The van der Waals surface area contributed by atoms with E-state index in [1.807, 2.05) is 42.3 Å². The molecule has 8 nitrogen and oxygen atoms in total. The first-order chi connectivity index (χ1) is 17.6. The van der Waals surface area contributed by atoms with Gasteiger partial charge in [-0.3, -0.25) is 14.7 Å². The van der Waals surface area contributed by atoms with Crippen LogP contribution < -0.4 is 10.1 Å². The first-order valence-electron chi connectivity index (χ1n) is 12.7. The maximum absolute atomic E-state index is 13.3. The van der Waals surface area contributed by atoms with Gasteiger partial charge in [-0.2, -0.15) is 5.26 Å². The Hall–Kier alpha value is -3.41. The number of allylic oxidation sites excluding steroid dienone is 2. The van der Waals surface area contributed by atoms with Gasteiger partial charge in [-0.15, -0.1) is 0 Å². The van der Waals surface area contributed by atoms with Crippen LogP contribution in [0.5, 0.6) is 5.75 Å². The van der Waals surface area contributed by atoms with Crippen LogP contribution in [0.25, 0.3) is 5.57 Å². The zero-order valence-corrected chi connectivity index (χ0v) is 21.0. The molecule has 1 aromatic heterocycles. The lowest BCUT2D eigenvalue weighted by molar-refractivity contribution is 0.00158. The normalized spacial score (nSPS) is 18.4. The molecule has 3 heterocycles. The van der Waals surface area contributed by atoms with Gasteiger partial charge in [0, 0.05) is 80.2 Å². The number of morpholine rings is 1. The number of nitrogens with one attached hydrogen (secondary N) is 1. The van der Waals surface area contributed by atoms with Crippen LogP contribution in [0.3, 0.4) is 0 Å². The molecule has 0 unspecified atom stereocenters. The molecule has 2 fully saturated rings. The second-order valence-electron chi connectivity index (χ2n) is 9.54. The number of likely N-dealkylation sites (tertiary alicyclic amines) is 1. The van der Waals surface area contributed by atoms with Gasteiger partial charge in [0.1, 0.15) is 5.75 Å². The number of benzene rings is 1. The highest BCUT2D eigenvalue weighted by Gasteiger charge is 2.28. The van der Waals surface area contributed by atoms with E-state index in [2.05, 4.69) is 16.3 Å². The third-order valence-electron chi connectivity index (χ3n) is 7.53. The molecule has 5 rings (SSSR count). The Balaban J connectivity index is 1.28. The van der Waals surface area contributed by atoms with Crippen LogP contribution in [0.15, 0.2) is 30.3 Å². The molecular weight excluding hydrogens is 454 g/mol. The van der Waals surface area contributed by atoms with E-state index in [-0.39, 0.29) is 5.91 Å². The Bertz CT molecular complexity index is 1200. The van der Waals surface area contributed by atoms with Crippen LogP contribution in [-0.2, 0) is 17.6 Å². The lowest BCUT2D eigenvalue weighted by Crippen LogP contribution is -2.50. The molecule has 0 saturated carbocycles. The predicted octanol–water partition coefficient (Wildman–Crippen LogP) is 3.12. The SMILES string of the molecule is CNc1cc(Cc2ccc(C(=O)N3CCC(N4CCOCC4)CC3)cc2OC)nc2c1C(C#N)=CC2. The second kappa shape index (κ2) is 10.7. The number of rotatable bonds is 6. The lowest BCUT2D eigenvalue weighted by atomic mass is 10.00. The number of amides is 1. The number of ether oxygens (including phenoxy) is 2. The summed E-state index contributed by atoms with van der Waals surface area (Å²) in [7, 11) is 3.50. The zero-order valence-electron chi connectivity index (χ0n) is 21.0. The number of piperidine rings is 1. The summed E-state index contributed by atoms with van der Waals surface area (Å²) < 4.78 is 11.2. The summed E-state index contributed by atoms with van der Waals surface area (Å²) in [6, 6.07) is 10.5. The van der Waals surface area contributed by atoms with Crippen LogP contribution in [-0.4, -0.2) is 80.3 Å². The molecule has 1 N–H and O–H groups in total. The molecule has 36 heavy (non-hydrogen) atoms. The smallest absolute Gasteiger partial charge is 0.253 e. The minimum absolute atomic E-state index is 0.0588. The van der Waals surface area contributed by atoms with Gasteiger partial charge < -0.3 is 19.7 Å². The highest BCUT2D eigenvalue weighted by atomic mass is 16.5. The molecule has 2 aliphatic heterocycles. The van der Waals surface area contributed by atoms with Crippen molar-refractivity contribution in [3.05, 3.63) is 58.4 Å². The topological polar surface area (TPSA) is 90.7 Å². The van der Waals surface area contributed by atoms with E-state index in [0.717, 1.165) is 80.4 Å². The van der Waals surface area contributed by atoms with Gasteiger partial charge in [-0.05, 0) is 31.0 Å². The predicted molar refractivity (Wildman–Crippen MR) is 138 cm³/mol. The lowest BCUT2D eigenvalue weighted by Gasteiger charge is -2.40. The monoisotopic (exact) mass is 487 g/mol. The Morgan fingerprint density at radius 2 is 2.00 bits per heavy atom. The van der Waals surface area contributed by atoms with E-state index in [9.17, 15) is 10.1 Å². The first kappa shape index (κ1) is 24.3. The van der Waals surface area contributed by atoms with E-state index in [0.29, 0.717) is 35.8 Å². The van der Waals surface area contributed by atoms with Crippen LogP contribution in [0.2, 0.25) is 0 Å². The second-order valence-corrected chi connectivity index (χ2v) is 9.54. The van der Waals surface area contributed by atoms with Crippen molar-refractivity contribution in [1.82, 2.24) is 14.8 Å². The summed E-state index contributed by atoms with van der Waals surface area (Å²) >= 11 is 0. The number of carbonyl (C=O) groups is 1. The number of hydrogen-bond acceptors (Lipinski definition) is 7. The number of hydrogen-bond donors (Lipinski definition) is 1. The first-order valence-corrected chi connectivity index (χ1v) is 12.7.